The van der Waals surface area contributed by atoms with Gasteiger partial charge in [-0.3, -0.25) is 4.79 Å². The van der Waals surface area contributed by atoms with Gasteiger partial charge < -0.3 is 20.9 Å². The predicted octanol–water partition coefficient (Wildman–Crippen LogP) is 4.05. The van der Waals surface area contributed by atoms with Crippen LogP contribution in [0.2, 0.25) is 0 Å². The van der Waals surface area contributed by atoms with Crippen molar-refractivity contribution in [3.8, 4) is 0 Å². The molecule has 1 fully saturated rings. The monoisotopic (exact) mass is 443 g/mol. The van der Waals surface area contributed by atoms with Crippen LogP contribution >= 0.6 is 28.3 Å². The third-order valence-electron chi connectivity index (χ3n) is 5.02. The molecule has 26 heavy (non-hydrogen) atoms. The summed E-state index contributed by atoms with van der Waals surface area (Å²) < 4.78 is 0.923. The number of aromatic amines is 1. The number of hydrogen-bond donors (Lipinski definition) is 3. The van der Waals surface area contributed by atoms with E-state index in [0.717, 1.165) is 65.7 Å². The quantitative estimate of drug-likeness (QED) is 0.649. The Hall–Kier alpha value is -1.31. The van der Waals surface area contributed by atoms with Crippen molar-refractivity contribution in [2.45, 2.75) is 45.6 Å². The molecule has 4 N–H and O–H groups in total. The number of nitrogens with zero attached hydrogens (tertiary/aromatic N) is 2. The molecule has 144 valence electrons. The van der Waals surface area contributed by atoms with E-state index in [4.69, 9.17) is 5.73 Å². The number of anilines is 2. The summed E-state index contributed by atoms with van der Waals surface area (Å²) in [6, 6.07) is 0.172. The maximum atomic E-state index is 12.6. The summed E-state index contributed by atoms with van der Waals surface area (Å²) in [6.07, 6.45) is 7.42. The van der Waals surface area contributed by atoms with Crippen LogP contribution in [0.1, 0.15) is 39.5 Å². The molecule has 1 saturated heterocycles. The number of nitrogens with two attached hydrogens (primary N) is 1. The van der Waals surface area contributed by atoms with Crippen molar-refractivity contribution in [3.05, 3.63) is 16.9 Å². The lowest BCUT2D eigenvalue weighted by molar-refractivity contribution is -0.120. The summed E-state index contributed by atoms with van der Waals surface area (Å²) in [4.78, 5) is 22.5. The van der Waals surface area contributed by atoms with E-state index in [-0.39, 0.29) is 30.3 Å². The zero-order valence-corrected chi connectivity index (χ0v) is 17.6. The number of hydrogen-bond acceptors (Lipinski definition) is 4. The second kappa shape index (κ2) is 9.06. The van der Waals surface area contributed by atoms with E-state index in [1.54, 1.807) is 6.20 Å². The predicted molar refractivity (Wildman–Crippen MR) is 113 cm³/mol. The molecule has 3 rings (SSSR count). The Bertz CT molecular complexity index is 761. The molecule has 2 aromatic heterocycles. The molecule has 8 heteroatoms. The van der Waals surface area contributed by atoms with Crippen molar-refractivity contribution < 1.29 is 4.79 Å². The molecule has 1 aliphatic heterocycles. The summed E-state index contributed by atoms with van der Waals surface area (Å²) in [6.45, 7) is 5.85. The van der Waals surface area contributed by atoms with Crippen LogP contribution in [-0.2, 0) is 4.79 Å². The fourth-order valence-electron chi connectivity index (χ4n) is 3.57. The van der Waals surface area contributed by atoms with Gasteiger partial charge in [0.1, 0.15) is 5.65 Å². The number of carbonyl (C=O) groups excluding carboxylic acids is 1. The molecule has 6 nitrogen and oxygen atoms in total. The Morgan fingerprint density at radius 3 is 2.88 bits per heavy atom. The molecule has 0 radical (unpaired) electrons. The van der Waals surface area contributed by atoms with Gasteiger partial charge in [0.2, 0.25) is 5.91 Å². The van der Waals surface area contributed by atoms with Gasteiger partial charge in [-0.25, -0.2) is 4.98 Å². The summed E-state index contributed by atoms with van der Waals surface area (Å²) in [5.41, 5.74) is 8.80. The number of piperidine rings is 1. The minimum Gasteiger partial charge on any atom is -0.368 e. The first-order valence-corrected chi connectivity index (χ1v) is 9.81. The number of aromatic nitrogens is 2. The molecule has 0 saturated carbocycles. The van der Waals surface area contributed by atoms with Gasteiger partial charge in [-0.15, -0.1) is 12.4 Å². The van der Waals surface area contributed by atoms with Crippen molar-refractivity contribution in [2.24, 2.45) is 11.7 Å². The van der Waals surface area contributed by atoms with Crippen LogP contribution in [0.15, 0.2) is 16.9 Å². The number of nitrogens with one attached hydrogen (secondary N) is 2. The van der Waals surface area contributed by atoms with Gasteiger partial charge >= 0.3 is 0 Å². The maximum Gasteiger partial charge on any atom is 0.227 e. The summed E-state index contributed by atoms with van der Waals surface area (Å²) in [5, 5.41) is 4.04. The molecule has 0 aliphatic carbocycles. The van der Waals surface area contributed by atoms with Crippen LogP contribution in [0.5, 0.6) is 0 Å². The highest BCUT2D eigenvalue weighted by Crippen LogP contribution is 2.39. The van der Waals surface area contributed by atoms with Gasteiger partial charge in [0.25, 0.3) is 0 Å². The number of pyridine rings is 1. The minimum absolute atomic E-state index is 0. The average Bonchev–Trinajstić information content (AvgIpc) is 2.99. The number of H-pyrrole nitrogens is 1. The molecular weight excluding hydrogens is 418 g/mol. The van der Waals surface area contributed by atoms with E-state index < -0.39 is 0 Å². The maximum absolute atomic E-state index is 12.6. The number of fused-ring (bicyclic) bond motifs is 1. The highest BCUT2D eigenvalue weighted by molar-refractivity contribution is 9.10. The summed E-state index contributed by atoms with van der Waals surface area (Å²) in [7, 11) is 0. The largest absolute Gasteiger partial charge is 0.368 e. The zero-order chi connectivity index (χ0) is 18.0. The van der Waals surface area contributed by atoms with E-state index in [2.05, 4.69) is 36.1 Å². The third kappa shape index (κ3) is 4.15. The Morgan fingerprint density at radius 1 is 1.50 bits per heavy atom. The number of rotatable bonds is 5. The molecular formula is C18H27BrClN5O. The van der Waals surface area contributed by atoms with Crippen LogP contribution in [0.3, 0.4) is 0 Å². The molecule has 0 spiro atoms. The van der Waals surface area contributed by atoms with Crippen molar-refractivity contribution >= 4 is 56.7 Å². The Balaban J connectivity index is 0.00000243. The van der Waals surface area contributed by atoms with Crippen molar-refractivity contribution in [1.29, 1.82) is 0 Å². The van der Waals surface area contributed by atoms with Crippen LogP contribution in [0.4, 0.5) is 11.4 Å². The van der Waals surface area contributed by atoms with Gasteiger partial charge in [0, 0.05) is 37.4 Å². The molecule has 1 aliphatic rings. The van der Waals surface area contributed by atoms with Gasteiger partial charge in [-0.2, -0.15) is 0 Å². The minimum atomic E-state index is 0. The molecule has 0 unspecified atom stereocenters. The van der Waals surface area contributed by atoms with Gasteiger partial charge in [0.05, 0.1) is 21.2 Å². The highest BCUT2D eigenvalue weighted by atomic mass is 79.9. The zero-order valence-electron chi connectivity index (χ0n) is 15.2. The lowest BCUT2D eigenvalue weighted by Gasteiger charge is -2.33. The first-order valence-electron chi connectivity index (χ1n) is 9.02. The van der Waals surface area contributed by atoms with E-state index in [9.17, 15) is 4.79 Å². The number of amides is 1. The molecule has 3 heterocycles. The Morgan fingerprint density at radius 2 is 2.23 bits per heavy atom. The van der Waals surface area contributed by atoms with Gasteiger partial charge in [-0.1, -0.05) is 13.8 Å². The Kier molecular flexibility index (Phi) is 7.32. The fraction of sp³-hybridized carbons (Fsp3) is 0.556. The van der Waals surface area contributed by atoms with E-state index in [0.29, 0.717) is 0 Å². The van der Waals surface area contributed by atoms with E-state index >= 15 is 0 Å². The van der Waals surface area contributed by atoms with Crippen molar-refractivity contribution in [1.82, 2.24) is 9.97 Å². The normalized spacial score (nSPS) is 17.4. The van der Waals surface area contributed by atoms with Crippen LogP contribution in [0, 0.1) is 5.92 Å². The third-order valence-corrected chi connectivity index (χ3v) is 5.60. The summed E-state index contributed by atoms with van der Waals surface area (Å²) >= 11 is 3.64. The fourth-order valence-corrected chi connectivity index (χ4v) is 4.12. The van der Waals surface area contributed by atoms with E-state index in [1.807, 2.05) is 20.0 Å². The SMILES string of the molecule is CCC(CC)C(=O)Nc1c[nH]c2ncc(Br)c(N3CCC[C@@H](N)C3)c12.Cl. The number of halogens is 2. The number of carbonyl (C=O) groups is 1. The summed E-state index contributed by atoms with van der Waals surface area (Å²) in [5.74, 6) is 0.0871. The highest BCUT2D eigenvalue weighted by Gasteiger charge is 2.24. The standard InChI is InChI=1S/C18H26BrN5O.ClH/c1-3-11(4-2)18(25)23-14-9-22-17-15(14)16(13(19)8-21-17)24-7-5-6-12(20)10-24;/h8-9,11-12H,3-7,10,20H2,1-2H3,(H,21,22)(H,23,25);1H/t12-;/m1./s1. The second-order valence-electron chi connectivity index (χ2n) is 6.73. The lowest BCUT2D eigenvalue weighted by atomic mass is 10.0. The smallest absolute Gasteiger partial charge is 0.227 e. The molecule has 2 aromatic rings. The van der Waals surface area contributed by atoms with Crippen LogP contribution < -0.4 is 16.0 Å². The van der Waals surface area contributed by atoms with Crippen LogP contribution in [0.25, 0.3) is 11.0 Å². The topological polar surface area (TPSA) is 87.0 Å². The van der Waals surface area contributed by atoms with Crippen molar-refractivity contribution in [2.75, 3.05) is 23.3 Å². The van der Waals surface area contributed by atoms with Gasteiger partial charge in [0.15, 0.2) is 0 Å². The molecule has 1 amide bonds. The molecule has 1 atom stereocenters. The lowest BCUT2D eigenvalue weighted by Crippen LogP contribution is -2.43. The van der Waals surface area contributed by atoms with Crippen molar-refractivity contribution in [3.63, 3.8) is 0 Å². The first-order chi connectivity index (χ1) is 12.0. The van der Waals surface area contributed by atoms with E-state index in [1.165, 1.54) is 0 Å². The Labute approximate surface area is 168 Å². The second-order valence-corrected chi connectivity index (χ2v) is 7.59. The molecule has 0 bridgehead atoms. The first kappa shape index (κ1) is 21.0. The van der Waals surface area contributed by atoms with Crippen LogP contribution in [-0.4, -0.2) is 35.0 Å². The van der Waals surface area contributed by atoms with Gasteiger partial charge in [-0.05, 0) is 41.6 Å². The molecule has 0 aromatic carbocycles. The average molecular weight is 445 g/mol.